The van der Waals surface area contributed by atoms with Crippen molar-refractivity contribution in [3.8, 4) is 0 Å². The Morgan fingerprint density at radius 3 is 2.00 bits per heavy atom. The molecule has 2 aromatic rings. The standard InChI is InChI=1S/C22H24N2O6/c1-15(19(25)21(27)29-2)23-20(26)18(13-16-9-5-3-6-10-16)24-22(28)30-14-17-11-7-4-8-12-17/h3-12,15,18H,13-14H2,1-2H3,(H,23,26)(H,24,28)/t15-,18-/m0/s1. The van der Waals surface area contributed by atoms with Crippen molar-refractivity contribution in [1.82, 2.24) is 10.6 Å². The van der Waals surface area contributed by atoms with E-state index in [1.54, 1.807) is 24.3 Å². The first-order valence-corrected chi connectivity index (χ1v) is 9.34. The zero-order chi connectivity index (χ0) is 21.9. The molecule has 158 valence electrons. The Morgan fingerprint density at radius 2 is 1.43 bits per heavy atom. The molecule has 0 unspecified atom stereocenters. The van der Waals surface area contributed by atoms with Crippen LogP contribution in [-0.2, 0) is 36.9 Å². The Morgan fingerprint density at radius 1 is 0.867 bits per heavy atom. The topological polar surface area (TPSA) is 111 Å². The van der Waals surface area contributed by atoms with Crippen LogP contribution in [0.1, 0.15) is 18.1 Å². The summed E-state index contributed by atoms with van der Waals surface area (Å²) in [6.07, 6.45) is -0.603. The summed E-state index contributed by atoms with van der Waals surface area (Å²) in [5.74, 6) is -2.58. The Labute approximate surface area is 174 Å². The lowest BCUT2D eigenvalue weighted by Crippen LogP contribution is -2.52. The van der Waals surface area contributed by atoms with Crippen LogP contribution in [0.15, 0.2) is 60.7 Å². The Kier molecular flexibility index (Phi) is 8.56. The number of rotatable bonds is 9. The van der Waals surface area contributed by atoms with Crippen molar-refractivity contribution in [3.05, 3.63) is 71.8 Å². The smallest absolute Gasteiger partial charge is 0.408 e. The van der Waals surface area contributed by atoms with Gasteiger partial charge in [-0.3, -0.25) is 9.59 Å². The lowest BCUT2D eigenvalue weighted by atomic mass is 10.0. The van der Waals surface area contributed by atoms with Crippen LogP contribution in [-0.4, -0.2) is 42.9 Å². The van der Waals surface area contributed by atoms with E-state index in [0.717, 1.165) is 18.2 Å². The number of esters is 1. The Bertz CT molecular complexity index is 870. The lowest BCUT2D eigenvalue weighted by molar-refractivity contribution is -0.152. The Balaban J connectivity index is 2.03. The average molecular weight is 412 g/mol. The fraction of sp³-hybridized carbons (Fsp3) is 0.273. The number of hydrogen-bond acceptors (Lipinski definition) is 6. The number of benzene rings is 2. The van der Waals surface area contributed by atoms with Crippen LogP contribution in [0.3, 0.4) is 0 Å². The third-order valence-corrected chi connectivity index (χ3v) is 4.24. The summed E-state index contributed by atoms with van der Waals surface area (Å²) in [7, 11) is 1.08. The number of carbonyl (C=O) groups excluding carboxylic acids is 4. The summed E-state index contributed by atoms with van der Waals surface area (Å²) in [5, 5.41) is 4.96. The van der Waals surface area contributed by atoms with Crippen LogP contribution in [0, 0.1) is 0 Å². The first-order chi connectivity index (χ1) is 14.4. The fourth-order valence-electron chi connectivity index (χ4n) is 2.62. The fourth-order valence-corrected chi connectivity index (χ4v) is 2.62. The zero-order valence-corrected chi connectivity index (χ0v) is 16.8. The number of methoxy groups -OCH3 is 1. The number of carbonyl (C=O) groups is 4. The summed E-state index contributed by atoms with van der Waals surface area (Å²) < 4.78 is 9.56. The second-order valence-electron chi connectivity index (χ2n) is 6.53. The van der Waals surface area contributed by atoms with Crippen molar-refractivity contribution < 1.29 is 28.7 Å². The molecule has 0 radical (unpaired) electrons. The molecule has 2 N–H and O–H groups in total. The average Bonchev–Trinajstić information content (AvgIpc) is 2.77. The number of Topliss-reactive ketones (excluding diaryl/α,β-unsaturated/α-hetero) is 1. The highest BCUT2D eigenvalue weighted by Gasteiger charge is 2.28. The molecule has 0 aromatic heterocycles. The van der Waals surface area contributed by atoms with Crippen LogP contribution in [0.25, 0.3) is 0 Å². The van der Waals surface area contributed by atoms with E-state index in [-0.39, 0.29) is 13.0 Å². The van der Waals surface area contributed by atoms with E-state index in [1.807, 2.05) is 36.4 Å². The van der Waals surface area contributed by atoms with Crippen molar-refractivity contribution in [1.29, 1.82) is 0 Å². The highest BCUT2D eigenvalue weighted by molar-refractivity contribution is 6.35. The van der Waals surface area contributed by atoms with Gasteiger partial charge in [-0.1, -0.05) is 60.7 Å². The molecule has 2 rings (SSSR count). The van der Waals surface area contributed by atoms with Crippen LogP contribution in [0.4, 0.5) is 4.79 Å². The molecule has 0 aliphatic heterocycles. The second kappa shape index (κ2) is 11.4. The van der Waals surface area contributed by atoms with E-state index in [1.165, 1.54) is 6.92 Å². The monoisotopic (exact) mass is 412 g/mol. The van der Waals surface area contributed by atoms with Gasteiger partial charge in [0.05, 0.1) is 13.2 Å². The van der Waals surface area contributed by atoms with Crippen molar-refractivity contribution in [2.24, 2.45) is 0 Å². The molecule has 0 aliphatic carbocycles. The maximum Gasteiger partial charge on any atom is 0.408 e. The van der Waals surface area contributed by atoms with E-state index in [4.69, 9.17) is 4.74 Å². The molecule has 8 nitrogen and oxygen atoms in total. The summed E-state index contributed by atoms with van der Waals surface area (Å²) in [4.78, 5) is 48.2. The van der Waals surface area contributed by atoms with E-state index in [9.17, 15) is 19.2 Å². The van der Waals surface area contributed by atoms with Gasteiger partial charge in [0.15, 0.2) is 0 Å². The third kappa shape index (κ3) is 7.05. The molecular formula is C22H24N2O6. The van der Waals surface area contributed by atoms with Gasteiger partial charge in [0.25, 0.3) is 5.78 Å². The van der Waals surface area contributed by atoms with E-state index >= 15 is 0 Å². The highest BCUT2D eigenvalue weighted by Crippen LogP contribution is 2.06. The van der Waals surface area contributed by atoms with E-state index < -0.39 is 35.8 Å². The van der Waals surface area contributed by atoms with Crippen LogP contribution in [0.2, 0.25) is 0 Å². The van der Waals surface area contributed by atoms with Crippen molar-refractivity contribution in [3.63, 3.8) is 0 Å². The molecule has 2 amide bonds. The first kappa shape index (κ1) is 22.6. The molecule has 2 aromatic carbocycles. The summed E-state index contributed by atoms with van der Waals surface area (Å²) >= 11 is 0. The molecule has 0 saturated carbocycles. The van der Waals surface area contributed by atoms with Crippen molar-refractivity contribution in [2.75, 3.05) is 7.11 Å². The predicted molar refractivity (Wildman–Crippen MR) is 108 cm³/mol. The molecule has 0 spiro atoms. The van der Waals surface area contributed by atoms with Gasteiger partial charge < -0.3 is 20.1 Å². The largest absolute Gasteiger partial charge is 0.463 e. The number of hydrogen-bond donors (Lipinski definition) is 2. The third-order valence-electron chi connectivity index (χ3n) is 4.24. The van der Waals surface area contributed by atoms with Gasteiger partial charge >= 0.3 is 12.1 Å². The highest BCUT2D eigenvalue weighted by atomic mass is 16.5. The van der Waals surface area contributed by atoms with Gasteiger partial charge in [0, 0.05) is 6.42 Å². The number of alkyl carbamates (subject to hydrolysis) is 1. The maximum atomic E-state index is 12.7. The van der Waals surface area contributed by atoms with Crippen molar-refractivity contribution in [2.45, 2.75) is 32.0 Å². The molecule has 0 aliphatic rings. The van der Waals surface area contributed by atoms with E-state index in [0.29, 0.717) is 0 Å². The van der Waals surface area contributed by atoms with Gasteiger partial charge in [0.2, 0.25) is 5.91 Å². The maximum absolute atomic E-state index is 12.7. The van der Waals surface area contributed by atoms with Crippen molar-refractivity contribution >= 4 is 23.8 Å². The minimum absolute atomic E-state index is 0.0452. The number of ketones is 1. The molecule has 2 atom stereocenters. The normalized spacial score (nSPS) is 12.2. The summed E-state index contributed by atoms with van der Waals surface area (Å²) in [6.45, 7) is 1.41. The Hall–Kier alpha value is -3.68. The number of amides is 2. The van der Waals surface area contributed by atoms with Gasteiger partial charge in [0.1, 0.15) is 12.6 Å². The SMILES string of the molecule is COC(=O)C(=O)[C@H](C)NC(=O)[C@H](Cc1ccccc1)NC(=O)OCc1ccccc1. The summed E-state index contributed by atoms with van der Waals surface area (Å²) in [5.41, 5.74) is 1.60. The van der Waals surface area contributed by atoms with Crippen LogP contribution in [0.5, 0.6) is 0 Å². The second-order valence-corrected chi connectivity index (χ2v) is 6.53. The molecule has 8 heteroatoms. The molecule has 30 heavy (non-hydrogen) atoms. The van der Waals surface area contributed by atoms with Gasteiger partial charge in [-0.25, -0.2) is 9.59 Å². The lowest BCUT2D eigenvalue weighted by Gasteiger charge is -2.20. The first-order valence-electron chi connectivity index (χ1n) is 9.34. The minimum atomic E-state index is -1.11. The summed E-state index contributed by atoms with van der Waals surface area (Å²) in [6, 6.07) is 16.0. The van der Waals surface area contributed by atoms with Crippen LogP contribution >= 0.6 is 0 Å². The zero-order valence-electron chi connectivity index (χ0n) is 16.8. The predicted octanol–water partition coefficient (Wildman–Crippen LogP) is 1.77. The van der Waals surface area contributed by atoms with Gasteiger partial charge in [-0.05, 0) is 18.1 Å². The molecule has 0 saturated heterocycles. The minimum Gasteiger partial charge on any atom is -0.463 e. The van der Waals surface area contributed by atoms with E-state index in [2.05, 4.69) is 15.4 Å². The van der Waals surface area contributed by atoms with Crippen LogP contribution < -0.4 is 10.6 Å². The number of ether oxygens (including phenoxy) is 2. The molecule has 0 heterocycles. The van der Waals surface area contributed by atoms with Gasteiger partial charge in [-0.2, -0.15) is 0 Å². The molecular weight excluding hydrogens is 388 g/mol. The quantitative estimate of drug-likeness (QED) is 0.480. The number of nitrogens with one attached hydrogen (secondary N) is 2. The molecule has 0 bridgehead atoms. The molecule has 0 fully saturated rings. The van der Waals surface area contributed by atoms with Gasteiger partial charge in [-0.15, -0.1) is 0 Å².